The van der Waals surface area contributed by atoms with Crippen LogP contribution in [0.25, 0.3) is 0 Å². The lowest BCUT2D eigenvalue weighted by molar-refractivity contribution is -0.139. The molecular formula is C31H47IN2O7. The van der Waals surface area contributed by atoms with E-state index in [1.807, 2.05) is 0 Å². The average Bonchev–Trinajstić information content (AvgIpc) is 3.50. The second-order valence-corrected chi connectivity index (χ2v) is 12.3. The van der Waals surface area contributed by atoms with Gasteiger partial charge in [0.25, 0.3) is 0 Å². The highest BCUT2D eigenvalue weighted by Gasteiger charge is 2.40. The van der Waals surface area contributed by atoms with Crippen molar-refractivity contribution < 1.29 is 34.4 Å². The van der Waals surface area contributed by atoms with Crippen LogP contribution in [0.5, 0.6) is 11.5 Å². The Morgan fingerprint density at radius 2 is 1.90 bits per heavy atom. The summed E-state index contributed by atoms with van der Waals surface area (Å²) < 4.78 is 12.6. The van der Waals surface area contributed by atoms with E-state index in [0.717, 1.165) is 32.1 Å². The lowest BCUT2D eigenvalue weighted by Gasteiger charge is -2.41. The van der Waals surface area contributed by atoms with Gasteiger partial charge in [-0.1, -0.05) is 51.9 Å². The van der Waals surface area contributed by atoms with Gasteiger partial charge in [-0.2, -0.15) is 0 Å². The summed E-state index contributed by atoms with van der Waals surface area (Å²) in [5.41, 5.74) is 1.06. The fraction of sp³-hybridized carbons (Fsp3) is 0.677. The van der Waals surface area contributed by atoms with Crippen LogP contribution in [-0.4, -0.2) is 77.1 Å². The number of hydrogen-bond donors (Lipinski definition) is 4. The number of halogens is 1. The van der Waals surface area contributed by atoms with E-state index >= 15 is 0 Å². The number of benzene rings is 1. The van der Waals surface area contributed by atoms with E-state index in [1.165, 1.54) is 32.8 Å². The molecule has 0 heterocycles. The van der Waals surface area contributed by atoms with Crippen LogP contribution in [0.2, 0.25) is 0 Å². The average molecular weight is 687 g/mol. The van der Waals surface area contributed by atoms with Gasteiger partial charge in [-0.3, -0.25) is 9.59 Å². The van der Waals surface area contributed by atoms with Gasteiger partial charge in [-0.25, -0.2) is 0 Å². The number of unbranched alkanes of at least 4 members (excludes halogenated alkanes) is 3. The van der Waals surface area contributed by atoms with E-state index in [0.29, 0.717) is 45.1 Å². The number of carbonyl (C=O) groups is 2. The van der Waals surface area contributed by atoms with Crippen molar-refractivity contribution in [2.45, 2.75) is 102 Å². The lowest BCUT2D eigenvalue weighted by atomic mass is 9.87. The quantitative estimate of drug-likeness (QED) is 0.153. The van der Waals surface area contributed by atoms with E-state index in [-0.39, 0.29) is 38.0 Å². The Morgan fingerprint density at radius 3 is 2.56 bits per heavy atom. The highest BCUT2D eigenvalue weighted by Crippen LogP contribution is 2.37. The Hall–Kier alpha value is -1.89. The van der Waals surface area contributed by atoms with Crippen LogP contribution in [0.4, 0.5) is 0 Å². The smallest absolute Gasteiger partial charge is 0.247 e. The van der Waals surface area contributed by atoms with E-state index < -0.39 is 18.2 Å². The minimum Gasteiger partial charge on any atom is -0.493 e. The van der Waals surface area contributed by atoms with Gasteiger partial charge in [-0.15, -0.1) is 0 Å². The van der Waals surface area contributed by atoms with Crippen molar-refractivity contribution in [3.8, 4) is 11.5 Å². The van der Waals surface area contributed by atoms with Gasteiger partial charge in [-0.05, 0) is 65.1 Å². The molecule has 230 valence electrons. The number of ether oxygens (including phenoxy) is 2. The summed E-state index contributed by atoms with van der Waals surface area (Å²) in [7, 11) is 1.50. The summed E-state index contributed by atoms with van der Waals surface area (Å²) in [6.07, 6.45) is 9.80. The van der Waals surface area contributed by atoms with Gasteiger partial charge in [0, 0.05) is 31.5 Å². The maximum absolute atomic E-state index is 13.7. The number of nitrogens with zero attached hydrogens (tertiary/aromatic N) is 1. The number of methoxy groups -OCH3 is 1. The molecule has 1 saturated carbocycles. The number of carbonyl (C=O) groups excluding carboxylic acids is 2. The fourth-order valence-corrected chi connectivity index (χ4v) is 6.64. The molecule has 2 aliphatic rings. The van der Waals surface area contributed by atoms with E-state index in [4.69, 9.17) is 9.47 Å². The third kappa shape index (κ3) is 9.56. The molecule has 2 aliphatic carbocycles. The van der Waals surface area contributed by atoms with Crippen LogP contribution >= 0.6 is 22.6 Å². The van der Waals surface area contributed by atoms with Crippen LogP contribution in [0.15, 0.2) is 23.8 Å². The van der Waals surface area contributed by atoms with Crippen molar-refractivity contribution in [1.82, 2.24) is 10.2 Å². The predicted molar refractivity (Wildman–Crippen MR) is 166 cm³/mol. The SMILES string of the molecule is CCCCCCN(C(=O)CCC1CCCC1)C1CC(C(=O)NCCO)=CC(Oc2c(I)cc(CO)cc2OC)C1O. The molecule has 2 amide bonds. The number of nitrogens with one attached hydrogen (secondary N) is 1. The van der Waals surface area contributed by atoms with E-state index in [1.54, 1.807) is 23.1 Å². The summed E-state index contributed by atoms with van der Waals surface area (Å²) in [5.74, 6) is 1.02. The van der Waals surface area contributed by atoms with Gasteiger partial charge in [0.2, 0.25) is 11.8 Å². The van der Waals surface area contributed by atoms with Crippen molar-refractivity contribution in [3.05, 3.63) is 32.9 Å². The molecule has 10 heteroatoms. The Kier molecular flexibility index (Phi) is 14.2. The molecule has 3 unspecified atom stereocenters. The molecule has 0 spiro atoms. The summed E-state index contributed by atoms with van der Waals surface area (Å²) in [6, 6.07) is 2.81. The molecule has 0 radical (unpaired) electrons. The first kappa shape index (κ1) is 33.6. The van der Waals surface area contributed by atoms with Crippen LogP contribution in [0.1, 0.15) is 83.1 Å². The Balaban J connectivity index is 1.91. The fourth-order valence-electron chi connectivity index (χ4n) is 5.85. The summed E-state index contributed by atoms with van der Waals surface area (Å²) >= 11 is 2.09. The van der Waals surface area contributed by atoms with Crippen molar-refractivity contribution in [1.29, 1.82) is 0 Å². The number of aliphatic hydroxyl groups is 3. The maximum Gasteiger partial charge on any atom is 0.247 e. The van der Waals surface area contributed by atoms with Crippen molar-refractivity contribution in [3.63, 3.8) is 0 Å². The van der Waals surface area contributed by atoms with Crippen LogP contribution in [0, 0.1) is 9.49 Å². The zero-order valence-electron chi connectivity index (χ0n) is 24.4. The zero-order valence-corrected chi connectivity index (χ0v) is 26.6. The molecule has 3 rings (SSSR count). The third-order valence-electron chi connectivity index (χ3n) is 8.15. The molecule has 41 heavy (non-hydrogen) atoms. The van der Waals surface area contributed by atoms with Gasteiger partial charge < -0.3 is 35.0 Å². The molecule has 0 aliphatic heterocycles. The number of amides is 2. The molecule has 1 aromatic rings. The first-order chi connectivity index (χ1) is 19.8. The molecule has 0 aromatic heterocycles. The highest BCUT2D eigenvalue weighted by atomic mass is 127. The standard InChI is InChI=1S/C31H47IN2O7/c1-3-4-5-8-14-34(28(37)12-11-21-9-6-7-10-21)25-18-23(31(39)33-13-15-35)19-26(29(25)38)41-30-24(32)16-22(20-36)17-27(30)40-2/h16-17,19,21,25-26,29,35-36,38H,3-15,18,20H2,1-2H3,(H,33,39). The second-order valence-electron chi connectivity index (χ2n) is 11.1. The molecule has 0 saturated heterocycles. The monoisotopic (exact) mass is 686 g/mol. The molecule has 3 atom stereocenters. The van der Waals surface area contributed by atoms with Gasteiger partial charge in [0.05, 0.1) is 29.9 Å². The molecule has 1 aromatic carbocycles. The van der Waals surface area contributed by atoms with Crippen LogP contribution in [-0.2, 0) is 16.2 Å². The Labute approximate surface area is 257 Å². The van der Waals surface area contributed by atoms with Gasteiger partial charge in [0.1, 0.15) is 12.2 Å². The summed E-state index contributed by atoms with van der Waals surface area (Å²) in [6.45, 7) is 2.40. The van der Waals surface area contributed by atoms with Gasteiger partial charge in [0.15, 0.2) is 11.5 Å². The Morgan fingerprint density at radius 1 is 1.15 bits per heavy atom. The molecule has 1 fully saturated rings. The minimum atomic E-state index is -1.08. The number of rotatable bonds is 16. The largest absolute Gasteiger partial charge is 0.493 e. The summed E-state index contributed by atoms with van der Waals surface area (Å²) in [5, 5.41) is 33.3. The predicted octanol–water partition coefficient (Wildman–Crippen LogP) is 4.09. The van der Waals surface area contributed by atoms with Gasteiger partial charge >= 0.3 is 0 Å². The number of aliphatic hydroxyl groups excluding tert-OH is 3. The first-order valence-electron chi connectivity index (χ1n) is 15.0. The van der Waals surface area contributed by atoms with Crippen molar-refractivity contribution >= 4 is 34.4 Å². The first-order valence-corrected chi connectivity index (χ1v) is 16.1. The Bertz CT molecular complexity index is 1030. The van der Waals surface area contributed by atoms with Crippen LogP contribution in [0.3, 0.4) is 0 Å². The zero-order chi connectivity index (χ0) is 29.8. The highest BCUT2D eigenvalue weighted by molar-refractivity contribution is 14.1. The summed E-state index contributed by atoms with van der Waals surface area (Å²) in [4.78, 5) is 28.6. The molecule has 9 nitrogen and oxygen atoms in total. The van der Waals surface area contributed by atoms with E-state index in [2.05, 4.69) is 34.8 Å². The van der Waals surface area contributed by atoms with E-state index in [9.17, 15) is 24.9 Å². The maximum atomic E-state index is 13.7. The van der Waals surface area contributed by atoms with Crippen LogP contribution < -0.4 is 14.8 Å². The molecule has 0 bridgehead atoms. The minimum absolute atomic E-state index is 0.00711. The molecular weight excluding hydrogens is 639 g/mol. The van der Waals surface area contributed by atoms with Crippen molar-refractivity contribution in [2.75, 3.05) is 26.8 Å². The number of hydrogen-bond acceptors (Lipinski definition) is 7. The third-order valence-corrected chi connectivity index (χ3v) is 8.96. The molecule has 4 N–H and O–H groups in total. The topological polar surface area (TPSA) is 129 Å². The lowest BCUT2D eigenvalue weighted by Crippen LogP contribution is -2.55. The van der Waals surface area contributed by atoms with Crippen molar-refractivity contribution in [2.24, 2.45) is 5.92 Å². The normalized spacial score (nSPS) is 20.9. The second kappa shape index (κ2) is 17.3.